The second kappa shape index (κ2) is 6.51. The molecule has 4 nitrogen and oxygen atoms in total. The molecule has 0 amide bonds. The number of allylic oxidation sites excluding steroid dienone is 3. The van der Waals surface area contributed by atoms with Crippen LogP contribution < -0.4 is 5.84 Å². The molecule has 0 saturated heterocycles. The van der Waals surface area contributed by atoms with E-state index in [2.05, 4.69) is 29.2 Å². The van der Waals surface area contributed by atoms with Crippen LogP contribution in [0.1, 0.15) is 13.8 Å². The molecule has 0 aromatic rings. The molecule has 18 heavy (non-hydrogen) atoms. The van der Waals surface area contributed by atoms with E-state index in [0.29, 0.717) is 6.61 Å². The van der Waals surface area contributed by atoms with Crippen LogP contribution in [0.25, 0.3) is 0 Å². The number of halogens is 1. The van der Waals surface area contributed by atoms with Crippen LogP contribution in [-0.2, 0) is 4.74 Å². The third-order valence-corrected chi connectivity index (χ3v) is 3.64. The van der Waals surface area contributed by atoms with Gasteiger partial charge in [-0.2, -0.15) is 0 Å². The lowest BCUT2D eigenvalue weighted by Crippen LogP contribution is -2.34. The topological polar surface area (TPSA) is 58.7 Å². The van der Waals surface area contributed by atoms with E-state index in [1.54, 1.807) is 11.1 Å². The van der Waals surface area contributed by atoms with E-state index >= 15 is 0 Å². The number of hydrazine groups is 1. The molecular formula is C13H19IN2O2. The van der Waals surface area contributed by atoms with Crippen molar-refractivity contribution in [3.8, 4) is 0 Å². The Morgan fingerprint density at radius 1 is 1.61 bits per heavy atom. The van der Waals surface area contributed by atoms with Gasteiger partial charge in [-0.3, -0.25) is 5.01 Å². The Bertz CT molecular complexity index is 411. The number of hydrogen-bond donors (Lipinski definition) is 2. The largest absolute Gasteiger partial charge is 0.394 e. The van der Waals surface area contributed by atoms with Crippen LogP contribution >= 0.6 is 22.6 Å². The van der Waals surface area contributed by atoms with Crippen LogP contribution in [0.5, 0.6) is 0 Å². The minimum absolute atomic E-state index is 0.00623. The van der Waals surface area contributed by atoms with Crippen LogP contribution in [-0.4, -0.2) is 28.9 Å². The van der Waals surface area contributed by atoms with E-state index in [0.717, 1.165) is 14.8 Å². The SMILES string of the molecule is C=C/C(I)=C1/C=CC(C(C)(C)OCCO)=CN1N. The molecule has 0 aromatic carbocycles. The average Bonchev–Trinajstić information content (AvgIpc) is 2.35. The van der Waals surface area contributed by atoms with Crippen LogP contribution in [0, 0.1) is 0 Å². The molecule has 0 bridgehead atoms. The van der Waals surface area contributed by atoms with E-state index in [-0.39, 0.29) is 6.61 Å². The number of nitrogens with zero attached hydrogens (tertiary/aromatic N) is 1. The number of nitrogens with two attached hydrogens (primary N) is 1. The maximum Gasteiger partial charge on any atom is 0.0891 e. The second-order valence-corrected chi connectivity index (χ2v) is 5.51. The van der Waals surface area contributed by atoms with E-state index in [1.807, 2.05) is 32.2 Å². The predicted molar refractivity (Wildman–Crippen MR) is 81.6 cm³/mol. The van der Waals surface area contributed by atoms with Gasteiger partial charge in [-0.05, 0) is 42.5 Å². The van der Waals surface area contributed by atoms with Crippen molar-refractivity contribution in [3.63, 3.8) is 0 Å². The molecule has 1 aliphatic rings. The zero-order valence-electron chi connectivity index (χ0n) is 10.7. The fraction of sp³-hybridized carbons (Fsp3) is 0.385. The first kappa shape index (κ1) is 15.4. The molecule has 0 spiro atoms. The zero-order chi connectivity index (χ0) is 13.8. The first-order chi connectivity index (χ1) is 8.42. The minimum Gasteiger partial charge on any atom is -0.394 e. The number of aliphatic hydroxyl groups is 1. The summed E-state index contributed by atoms with van der Waals surface area (Å²) in [5.41, 5.74) is 1.37. The van der Waals surface area contributed by atoms with Gasteiger partial charge in [-0.15, -0.1) is 0 Å². The normalized spacial score (nSPS) is 18.7. The summed E-state index contributed by atoms with van der Waals surface area (Å²) in [5.74, 6) is 5.96. The van der Waals surface area contributed by atoms with Crippen molar-refractivity contribution < 1.29 is 9.84 Å². The minimum atomic E-state index is -0.484. The van der Waals surface area contributed by atoms with Gasteiger partial charge in [0.1, 0.15) is 0 Å². The molecule has 3 N–H and O–H groups in total. The Balaban J connectivity index is 2.91. The fourth-order valence-corrected chi connectivity index (χ4v) is 2.02. The third kappa shape index (κ3) is 3.68. The molecule has 1 rings (SSSR count). The predicted octanol–water partition coefficient (Wildman–Crippen LogP) is 2.24. The standard InChI is InChI=1S/C13H19IN2O2/c1-4-11(14)12-6-5-10(9-16(12)15)13(2,3)18-8-7-17/h4-6,9,17H,1,7-8,15H2,2-3H3/b12-11+. The van der Waals surface area contributed by atoms with E-state index < -0.39 is 5.60 Å². The van der Waals surface area contributed by atoms with Crippen molar-refractivity contribution >= 4 is 22.6 Å². The monoisotopic (exact) mass is 362 g/mol. The van der Waals surface area contributed by atoms with Crippen LogP contribution in [0.2, 0.25) is 0 Å². The summed E-state index contributed by atoms with van der Waals surface area (Å²) in [6.07, 6.45) is 7.49. The lowest BCUT2D eigenvalue weighted by atomic mass is 9.96. The quantitative estimate of drug-likeness (QED) is 0.582. The molecule has 1 heterocycles. The molecule has 0 unspecified atom stereocenters. The summed E-state index contributed by atoms with van der Waals surface area (Å²) in [6.45, 7) is 7.92. The average molecular weight is 362 g/mol. The smallest absolute Gasteiger partial charge is 0.0891 e. The molecular weight excluding hydrogens is 343 g/mol. The van der Waals surface area contributed by atoms with E-state index in [4.69, 9.17) is 15.7 Å². The number of hydrogen-bond acceptors (Lipinski definition) is 4. The fourth-order valence-electron chi connectivity index (χ4n) is 1.56. The number of ether oxygens (including phenoxy) is 1. The molecule has 0 saturated carbocycles. The van der Waals surface area contributed by atoms with Crippen LogP contribution in [0.4, 0.5) is 0 Å². The Hall–Kier alpha value is -0.630. The highest BCUT2D eigenvalue weighted by molar-refractivity contribution is 14.1. The van der Waals surface area contributed by atoms with Crippen molar-refractivity contribution in [1.29, 1.82) is 0 Å². The van der Waals surface area contributed by atoms with Crippen molar-refractivity contribution in [3.05, 3.63) is 45.9 Å². The van der Waals surface area contributed by atoms with Gasteiger partial charge in [0.05, 0.1) is 24.5 Å². The van der Waals surface area contributed by atoms with Gasteiger partial charge in [0.15, 0.2) is 0 Å². The highest BCUT2D eigenvalue weighted by Crippen LogP contribution is 2.28. The Kier molecular flexibility index (Phi) is 5.58. The van der Waals surface area contributed by atoms with Crippen LogP contribution in [0.3, 0.4) is 0 Å². The van der Waals surface area contributed by atoms with Gasteiger partial charge in [0, 0.05) is 15.4 Å². The first-order valence-corrected chi connectivity index (χ1v) is 6.71. The molecule has 100 valence electrons. The summed E-state index contributed by atoms with van der Waals surface area (Å²) >= 11 is 2.19. The molecule has 0 aliphatic carbocycles. The van der Waals surface area contributed by atoms with Crippen molar-refractivity contribution in [2.75, 3.05) is 13.2 Å². The highest BCUT2D eigenvalue weighted by atomic mass is 127. The second-order valence-electron chi connectivity index (χ2n) is 4.34. The molecule has 5 heteroatoms. The lowest BCUT2D eigenvalue weighted by molar-refractivity contribution is -0.00677. The summed E-state index contributed by atoms with van der Waals surface area (Å²) in [5, 5.41) is 10.4. The highest BCUT2D eigenvalue weighted by Gasteiger charge is 2.25. The van der Waals surface area contributed by atoms with Gasteiger partial charge in [0.25, 0.3) is 0 Å². The lowest BCUT2D eigenvalue weighted by Gasteiger charge is -2.31. The number of aliphatic hydroxyl groups excluding tert-OH is 1. The van der Waals surface area contributed by atoms with Gasteiger partial charge in [-0.1, -0.05) is 18.7 Å². The van der Waals surface area contributed by atoms with Crippen molar-refractivity contribution in [2.45, 2.75) is 19.4 Å². The van der Waals surface area contributed by atoms with Gasteiger partial charge in [0.2, 0.25) is 0 Å². The maximum atomic E-state index is 8.81. The Labute approximate surface area is 122 Å². The summed E-state index contributed by atoms with van der Waals surface area (Å²) in [4.78, 5) is 0. The molecule has 0 radical (unpaired) electrons. The molecule has 0 aromatic heterocycles. The Morgan fingerprint density at radius 2 is 2.28 bits per heavy atom. The maximum absolute atomic E-state index is 8.81. The van der Waals surface area contributed by atoms with E-state index in [9.17, 15) is 0 Å². The zero-order valence-corrected chi connectivity index (χ0v) is 12.8. The van der Waals surface area contributed by atoms with Crippen LogP contribution in [0.15, 0.2) is 45.9 Å². The van der Waals surface area contributed by atoms with E-state index in [1.165, 1.54) is 0 Å². The first-order valence-electron chi connectivity index (χ1n) is 5.63. The van der Waals surface area contributed by atoms with Crippen molar-refractivity contribution in [2.24, 2.45) is 5.84 Å². The van der Waals surface area contributed by atoms with Gasteiger partial charge >= 0.3 is 0 Å². The third-order valence-electron chi connectivity index (χ3n) is 2.65. The molecule has 0 atom stereocenters. The molecule has 1 aliphatic heterocycles. The summed E-state index contributed by atoms with van der Waals surface area (Å²) in [7, 11) is 0. The van der Waals surface area contributed by atoms with Gasteiger partial charge in [-0.25, -0.2) is 5.84 Å². The van der Waals surface area contributed by atoms with Gasteiger partial charge < -0.3 is 9.84 Å². The summed E-state index contributed by atoms with van der Waals surface area (Å²) in [6, 6.07) is 0. The molecule has 0 fully saturated rings. The number of rotatable bonds is 5. The Morgan fingerprint density at radius 3 is 2.78 bits per heavy atom. The van der Waals surface area contributed by atoms with Crippen molar-refractivity contribution in [1.82, 2.24) is 5.01 Å². The summed E-state index contributed by atoms with van der Waals surface area (Å²) < 4.78 is 6.58.